The van der Waals surface area contributed by atoms with Gasteiger partial charge in [0.05, 0.1) is 0 Å². The van der Waals surface area contributed by atoms with Gasteiger partial charge in [0, 0.05) is 5.02 Å². The molecule has 0 aromatic heterocycles. The van der Waals surface area contributed by atoms with Gasteiger partial charge in [-0.15, -0.1) is 0 Å². The Morgan fingerprint density at radius 3 is 2.69 bits per heavy atom. The van der Waals surface area contributed by atoms with Gasteiger partial charge in [0.25, 0.3) is 0 Å². The van der Waals surface area contributed by atoms with Crippen LogP contribution in [0, 0.1) is 6.92 Å². The van der Waals surface area contributed by atoms with Crippen molar-refractivity contribution >= 4 is 11.6 Å². The summed E-state index contributed by atoms with van der Waals surface area (Å²) in [7, 11) is 0. The lowest BCUT2D eigenvalue weighted by Gasteiger charge is -2.07. The fraction of sp³-hybridized carbons (Fsp3) is 0.455. The van der Waals surface area contributed by atoms with Gasteiger partial charge in [-0.2, -0.15) is 0 Å². The van der Waals surface area contributed by atoms with E-state index in [1.807, 2.05) is 13.0 Å². The molecule has 0 fully saturated rings. The van der Waals surface area contributed by atoms with Crippen LogP contribution in [0.5, 0.6) is 5.75 Å². The van der Waals surface area contributed by atoms with Crippen molar-refractivity contribution in [2.45, 2.75) is 33.1 Å². The molecule has 1 aromatic rings. The van der Waals surface area contributed by atoms with Crippen molar-refractivity contribution in [3.63, 3.8) is 0 Å². The summed E-state index contributed by atoms with van der Waals surface area (Å²) in [5, 5.41) is 10.4. The van der Waals surface area contributed by atoms with Crippen LogP contribution < -0.4 is 0 Å². The summed E-state index contributed by atoms with van der Waals surface area (Å²) in [5.74, 6) is 0.401. The molecular formula is C11H15ClO. The van der Waals surface area contributed by atoms with E-state index in [0.717, 1.165) is 30.4 Å². The molecule has 0 aliphatic rings. The largest absolute Gasteiger partial charge is 0.507 e. The summed E-state index contributed by atoms with van der Waals surface area (Å²) >= 11 is 5.89. The molecular weight excluding hydrogens is 184 g/mol. The van der Waals surface area contributed by atoms with Gasteiger partial charge in [-0.25, -0.2) is 0 Å². The Kier molecular flexibility index (Phi) is 3.61. The lowest BCUT2D eigenvalue weighted by atomic mass is 10.0. The molecule has 0 saturated heterocycles. The third-order valence-corrected chi connectivity index (χ3v) is 2.36. The maximum Gasteiger partial charge on any atom is 0.121 e. The standard InChI is InChI=1S/C11H15ClO/c1-3-4-5-9-7-10(12)6-8(2)11(9)13/h6-7,13H,3-5H2,1-2H3. The van der Waals surface area contributed by atoms with Crippen molar-refractivity contribution in [1.82, 2.24) is 0 Å². The van der Waals surface area contributed by atoms with E-state index in [1.165, 1.54) is 0 Å². The van der Waals surface area contributed by atoms with Crippen molar-refractivity contribution in [1.29, 1.82) is 0 Å². The molecule has 0 spiro atoms. The minimum Gasteiger partial charge on any atom is -0.507 e. The van der Waals surface area contributed by atoms with Gasteiger partial charge in [-0.05, 0) is 43.0 Å². The second-order valence-electron chi connectivity index (χ2n) is 3.33. The van der Waals surface area contributed by atoms with E-state index < -0.39 is 0 Å². The molecule has 1 nitrogen and oxygen atoms in total. The SMILES string of the molecule is CCCCc1cc(Cl)cc(C)c1O. The summed E-state index contributed by atoms with van der Waals surface area (Å²) in [5.41, 5.74) is 1.82. The summed E-state index contributed by atoms with van der Waals surface area (Å²) in [4.78, 5) is 0. The number of hydrogen-bond acceptors (Lipinski definition) is 1. The lowest BCUT2D eigenvalue weighted by Crippen LogP contribution is -1.88. The number of benzene rings is 1. The van der Waals surface area contributed by atoms with Crippen LogP contribution >= 0.6 is 11.6 Å². The molecule has 0 aliphatic carbocycles. The van der Waals surface area contributed by atoms with Crippen molar-refractivity contribution in [2.75, 3.05) is 0 Å². The lowest BCUT2D eigenvalue weighted by molar-refractivity contribution is 0.463. The number of unbranched alkanes of at least 4 members (excludes halogenated alkanes) is 1. The van der Waals surface area contributed by atoms with Gasteiger partial charge in [0.15, 0.2) is 0 Å². The van der Waals surface area contributed by atoms with Gasteiger partial charge >= 0.3 is 0 Å². The molecule has 1 aromatic carbocycles. The molecule has 0 bridgehead atoms. The maximum absolute atomic E-state index is 9.69. The molecule has 0 amide bonds. The Morgan fingerprint density at radius 1 is 1.38 bits per heavy atom. The molecule has 72 valence electrons. The van der Waals surface area contributed by atoms with Crippen LogP contribution in [0.1, 0.15) is 30.9 Å². The number of aromatic hydroxyl groups is 1. The molecule has 1 N–H and O–H groups in total. The topological polar surface area (TPSA) is 20.2 Å². The highest BCUT2D eigenvalue weighted by atomic mass is 35.5. The Hall–Kier alpha value is -0.690. The monoisotopic (exact) mass is 198 g/mol. The van der Waals surface area contributed by atoms with Crippen LogP contribution in [0.2, 0.25) is 5.02 Å². The fourth-order valence-electron chi connectivity index (χ4n) is 1.36. The molecule has 0 radical (unpaired) electrons. The minimum atomic E-state index is 0.401. The second-order valence-corrected chi connectivity index (χ2v) is 3.77. The van der Waals surface area contributed by atoms with E-state index in [0.29, 0.717) is 10.8 Å². The Labute approximate surface area is 84.4 Å². The fourth-order valence-corrected chi connectivity index (χ4v) is 1.66. The quantitative estimate of drug-likeness (QED) is 0.786. The molecule has 0 aliphatic heterocycles. The molecule has 2 heteroatoms. The predicted octanol–water partition coefficient (Wildman–Crippen LogP) is 3.70. The van der Waals surface area contributed by atoms with Crippen LogP contribution in [0.25, 0.3) is 0 Å². The Morgan fingerprint density at radius 2 is 2.08 bits per heavy atom. The highest BCUT2D eigenvalue weighted by molar-refractivity contribution is 6.30. The summed E-state index contributed by atoms with van der Waals surface area (Å²) in [6.07, 6.45) is 3.13. The third kappa shape index (κ3) is 2.63. The van der Waals surface area contributed by atoms with Crippen LogP contribution in [0.4, 0.5) is 0 Å². The second kappa shape index (κ2) is 4.52. The molecule has 0 heterocycles. The normalized spacial score (nSPS) is 10.4. The zero-order valence-corrected chi connectivity index (χ0v) is 8.86. The first-order valence-corrected chi connectivity index (χ1v) is 5.01. The van der Waals surface area contributed by atoms with Crippen molar-refractivity contribution < 1.29 is 5.11 Å². The van der Waals surface area contributed by atoms with Gasteiger partial charge in [-0.1, -0.05) is 24.9 Å². The first-order valence-electron chi connectivity index (χ1n) is 4.63. The summed E-state index contributed by atoms with van der Waals surface area (Å²) in [6, 6.07) is 3.63. The number of phenolic OH excluding ortho intramolecular Hbond substituents is 1. The summed E-state index contributed by atoms with van der Waals surface area (Å²) < 4.78 is 0. The van der Waals surface area contributed by atoms with Crippen molar-refractivity contribution in [3.05, 3.63) is 28.3 Å². The van der Waals surface area contributed by atoms with E-state index in [1.54, 1.807) is 6.07 Å². The molecule has 13 heavy (non-hydrogen) atoms. The van der Waals surface area contributed by atoms with E-state index in [2.05, 4.69) is 6.92 Å². The number of aryl methyl sites for hydroxylation is 2. The highest BCUT2D eigenvalue weighted by Gasteiger charge is 2.05. The first kappa shape index (κ1) is 10.4. The van der Waals surface area contributed by atoms with Crippen LogP contribution in [-0.2, 0) is 6.42 Å². The average Bonchev–Trinajstić information content (AvgIpc) is 2.09. The Balaban J connectivity index is 2.92. The van der Waals surface area contributed by atoms with Crippen LogP contribution in [-0.4, -0.2) is 5.11 Å². The van der Waals surface area contributed by atoms with Crippen LogP contribution in [0.15, 0.2) is 12.1 Å². The zero-order chi connectivity index (χ0) is 9.84. The van der Waals surface area contributed by atoms with E-state index in [9.17, 15) is 5.11 Å². The van der Waals surface area contributed by atoms with E-state index in [-0.39, 0.29) is 0 Å². The van der Waals surface area contributed by atoms with Gasteiger partial charge < -0.3 is 5.11 Å². The minimum absolute atomic E-state index is 0.401. The highest BCUT2D eigenvalue weighted by Crippen LogP contribution is 2.27. The number of phenols is 1. The Bertz CT molecular complexity index is 294. The molecule has 0 saturated carbocycles. The molecule has 0 atom stereocenters. The number of halogens is 1. The average molecular weight is 199 g/mol. The first-order chi connectivity index (χ1) is 6.15. The third-order valence-electron chi connectivity index (χ3n) is 2.14. The van der Waals surface area contributed by atoms with Crippen molar-refractivity contribution in [3.8, 4) is 5.75 Å². The molecule has 1 rings (SSSR count). The van der Waals surface area contributed by atoms with E-state index in [4.69, 9.17) is 11.6 Å². The predicted molar refractivity (Wildman–Crippen MR) is 56.5 cm³/mol. The summed E-state index contributed by atoms with van der Waals surface area (Å²) in [6.45, 7) is 4.01. The van der Waals surface area contributed by atoms with E-state index >= 15 is 0 Å². The van der Waals surface area contributed by atoms with Crippen molar-refractivity contribution in [2.24, 2.45) is 0 Å². The van der Waals surface area contributed by atoms with Gasteiger partial charge in [0.1, 0.15) is 5.75 Å². The van der Waals surface area contributed by atoms with Gasteiger partial charge in [-0.3, -0.25) is 0 Å². The molecule has 0 unspecified atom stereocenters. The van der Waals surface area contributed by atoms with Crippen LogP contribution in [0.3, 0.4) is 0 Å². The zero-order valence-electron chi connectivity index (χ0n) is 8.10. The van der Waals surface area contributed by atoms with Gasteiger partial charge in [0.2, 0.25) is 0 Å². The maximum atomic E-state index is 9.69. The smallest absolute Gasteiger partial charge is 0.121 e. The number of hydrogen-bond donors (Lipinski definition) is 1. The number of rotatable bonds is 3.